The second-order valence-corrected chi connectivity index (χ2v) is 7.74. The first kappa shape index (κ1) is 18.8. The van der Waals surface area contributed by atoms with Crippen LogP contribution in [0.15, 0.2) is 52.1 Å². The molecule has 0 spiro atoms. The number of nitrogens with two attached hydrogens (primary N) is 1. The van der Waals surface area contributed by atoms with Gasteiger partial charge >= 0.3 is 0 Å². The number of aromatic nitrogens is 3. The topological polar surface area (TPSA) is 85.8 Å². The molecule has 1 aromatic heterocycles. The first-order valence-electron chi connectivity index (χ1n) is 7.59. The van der Waals surface area contributed by atoms with E-state index < -0.39 is 0 Å². The van der Waals surface area contributed by atoms with Gasteiger partial charge in [-0.3, -0.25) is 4.79 Å². The zero-order valence-corrected chi connectivity index (χ0v) is 16.9. The molecule has 9 heteroatoms. The number of nitrogens with zero attached hydrogens (tertiary/aromatic N) is 3. The van der Waals surface area contributed by atoms with Gasteiger partial charge in [-0.25, -0.2) is 4.68 Å². The third-order valence-electron chi connectivity index (χ3n) is 3.48. The highest BCUT2D eigenvalue weighted by Gasteiger charge is 2.14. The fourth-order valence-electron chi connectivity index (χ4n) is 2.24. The van der Waals surface area contributed by atoms with Crippen molar-refractivity contribution in [1.29, 1.82) is 0 Å². The Bertz CT molecular complexity index is 962. The highest BCUT2D eigenvalue weighted by atomic mass is 79.9. The van der Waals surface area contributed by atoms with Crippen LogP contribution >= 0.6 is 39.3 Å². The number of benzene rings is 2. The molecule has 0 saturated carbocycles. The lowest BCUT2D eigenvalue weighted by atomic mass is 10.2. The number of aryl methyl sites for hydroxylation is 1. The Balaban J connectivity index is 1.66. The van der Waals surface area contributed by atoms with Crippen LogP contribution in [0.3, 0.4) is 0 Å². The molecule has 0 atom stereocenters. The maximum absolute atomic E-state index is 12.2. The summed E-state index contributed by atoms with van der Waals surface area (Å²) in [6, 6.07) is 12.9. The predicted octanol–water partition coefficient (Wildman–Crippen LogP) is 4.11. The molecule has 0 bridgehead atoms. The van der Waals surface area contributed by atoms with Crippen molar-refractivity contribution in [2.45, 2.75) is 12.1 Å². The molecular weight excluding hydrogens is 438 g/mol. The molecule has 0 aliphatic heterocycles. The van der Waals surface area contributed by atoms with E-state index in [2.05, 4.69) is 31.4 Å². The molecule has 1 heterocycles. The molecule has 1 amide bonds. The van der Waals surface area contributed by atoms with Gasteiger partial charge in [0.2, 0.25) is 11.1 Å². The van der Waals surface area contributed by atoms with Crippen LogP contribution in [0.4, 0.5) is 5.69 Å². The number of thioether (sulfide) groups is 1. The van der Waals surface area contributed by atoms with Gasteiger partial charge < -0.3 is 11.2 Å². The second kappa shape index (κ2) is 8.11. The van der Waals surface area contributed by atoms with Crippen molar-refractivity contribution in [2.75, 3.05) is 16.9 Å². The van der Waals surface area contributed by atoms with Gasteiger partial charge in [0.25, 0.3) is 0 Å². The first-order chi connectivity index (χ1) is 12.4. The average Bonchev–Trinajstić information content (AvgIpc) is 2.96. The molecule has 6 nitrogen and oxygen atoms in total. The van der Waals surface area contributed by atoms with E-state index in [9.17, 15) is 4.79 Å². The molecule has 0 radical (unpaired) electrons. The summed E-state index contributed by atoms with van der Waals surface area (Å²) in [5.41, 5.74) is 2.58. The summed E-state index contributed by atoms with van der Waals surface area (Å²) in [4.78, 5) is 12.2. The maximum atomic E-state index is 12.2. The zero-order chi connectivity index (χ0) is 18.7. The summed E-state index contributed by atoms with van der Waals surface area (Å²) in [6.07, 6.45) is 0. The summed E-state index contributed by atoms with van der Waals surface area (Å²) >= 11 is 10.6. The summed E-state index contributed by atoms with van der Waals surface area (Å²) in [6.45, 7) is 1.98. The summed E-state index contributed by atoms with van der Waals surface area (Å²) in [5.74, 6) is 6.53. The van der Waals surface area contributed by atoms with Crippen molar-refractivity contribution in [2.24, 2.45) is 0 Å². The Morgan fingerprint density at radius 1 is 1.31 bits per heavy atom. The third-order valence-corrected chi connectivity index (χ3v) is 5.31. The minimum atomic E-state index is -0.160. The molecule has 3 aromatic rings. The van der Waals surface area contributed by atoms with Crippen molar-refractivity contribution in [3.63, 3.8) is 0 Å². The van der Waals surface area contributed by atoms with Gasteiger partial charge in [-0.05, 0) is 52.7 Å². The van der Waals surface area contributed by atoms with Crippen LogP contribution in [0.1, 0.15) is 5.56 Å². The summed E-state index contributed by atoms with van der Waals surface area (Å²) < 4.78 is 2.19. The molecule has 0 unspecified atom stereocenters. The lowest BCUT2D eigenvalue weighted by molar-refractivity contribution is -0.113. The van der Waals surface area contributed by atoms with Gasteiger partial charge in [-0.2, -0.15) is 0 Å². The van der Waals surface area contributed by atoms with E-state index in [0.717, 1.165) is 21.3 Å². The van der Waals surface area contributed by atoms with Crippen LogP contribution in [-0.2, 0) is 4.79 Å². The highest BCUT2D eigenvalue weighted by molar-refractivity contribution is 9.10. The molecule has 0 saturated heterocycles. The van der Waals surface area contributed by atoms with Crippen molar-refractivity contribution < 1.29 is 4.79 Å². The number of halogens is 2. The summed E-state index contributed by atoms with van der Waals surface area (Å²) in [7, 11) is 0. The van der Waals surface area contributed by atoms with Crippen LogP contribution in [0, 0.1) is 6.92 Å². The lowest BCUT2D eigenvalue weighted by Crippen LogP contribution is -2.16. The fourth-order valence-corrected chi connectivity index (χ4v) is 3.68. The number of carbonyl (C=O) groups is 1. The van der Waals surface area contributed by atoms with Crippen LogP contribution in [0.2, 0.25) is 5.02 Å². The normalized spacial score (nSPS) is 10.7. The molecule has 134 valence electrons. The highest BCUT2D eigenvalue weighted by Crippen LogP contribution is 2.25. The quantitative estimate of drug-likeness (QED) is 0.449. The van der Waals surface area contributed by atoms with E-state index in [-0.39, 0.29) is 11.7 Å². The van der Waals surface area contributed by atoms with Crippen LogP contribution in [-0.4, -0.2) is 26.5 Å². The minimum Gasteiger partial charge on any atom is -0.335 e. The summed E-state index contributed by atoms with van der Waals surface area (Å²) in [5, 5.41) is 12.0. The van der Waals surface area contributed by atoms with Crippen LogP contribution < -0.4 is 11.2 Å². The van der Waals surface area contributed by atoms with Gasteiger partial charge in [0.05, 0.1) is 11.4 Å². The second-order valence-electron chi connectivity index (χ2n) is 5.51. The Kier molecular flexibility index (Phi) is 5.85. The van der Waals surface area contributed by atoms with E-state index in [4.69, 9.17) is 17.4 Å². The monoisotopic (exact) mass is 451 g/mol. The van der Waals surface area contributed by atoms with Gasteiger partial charge in [0, 0.05) is 15.1 Å². The number of hydrogen-bond donors (Lipinski definition) is 2. The predicted molar refractivity (Wildman–Crippen MR) is 109 cm³/mol. The smallest absolute Gasteiger partial charge is 0.234 e. The molecule has 2 aromatic carbocycles. The van der Waals surface area contributed by atoms with Crippen molar-refractivity contribution in [3.05, 3.63) is 57.5 Å². The fraction of sp³-hybridized carbons (Fsp3) is 0.118. The number of nitrogen functional groups attached to an aromatic ring is 1. The van der Waals surface area contributed by atoms with Crippen LogP contribution in [0.25, 0.3) is 11.4 Å². The minimum absolute atomic E-state index is 0.158. The van der Waals surface area contributed by atoms with E-state index in [1.54, 1.807) is 12.1 Å². The Hall–Kier alpha value is -2.03. The molecule has 0 fully saturated rings. The third kappa shape index (κ3) is 4.38. The van der Waals surface area contributed by atoms with E-state index in [1.807, 2.05) is 37.3 Å². The largest absolute Gasteiger partial charge is 0.335 e. The van der Waals surface area contributed by atoms with Gasteiger partial charge in [0.1, 0.15) is 0 Å². The van der Waals surface area contributed by atoms with Crippen molar-refractivity contribution >= 4 is 50.9 Å². The number of carbonyl (C=O) groups excluding carboxylic acids is 1. The van der Waals surface area contributed by atoms with Crippen LogP contribution in [0.5, 0.6) is 0 Å². The van der Waals surface area contributed by atoms with Gasteiger partial charge in [0.15, 0.2) is 5.82 Å². The SMILES string of the molecule is Cc1ccc(NC(=O)CSc2nnc(-c3cccc(Cl)c3)n2N)c(Br)c1. The molecule has 0 aliphatic rings. The lowest BCUT2D eigenvalue weighted by Gasteiger charge is -2.08. The standard InChI is InChI=1S/C17H15BrClN5OS/c1-10-5-6-14(13(18)7-10)21-15(25)9-26-17-23-22-16(24(17)20)11-3-2-4-12(19)8-11/h2-8H,9,20H2,1H3,(H,21,25). The number of anilines is 1. The number of rotatable bonds is 5. The Morgan fingerprint density at radius 2 is 2.12 bits per heavy atom. The van der Waals surface area contributed by atoms with Gasteiger partial charge in [-0.15, -0.1) is 10.2 Å². The van der Waals surface area contributed by atoms with Crippen molar-refractivity contribution in [1.82, 2.24) is 14.9 Å². The Labute approximate surface area is 168 Å². The van der Waals surface area contributed by atoms with Gasteiger partial charge in [-0.1, -0.05) is 41.6 Å². The first-order valence-corrected chi connectivity index (χ1v) is 9.75. The number of amides is 1. The van der Waals surface area contributed by atoms with E-state index >= 15 is 0 Å². The van der Waals surface area contributed by atoms with E-state index in [1.165, 1.54) is 16.4 Å². The molecular formula is C17H15BrClN5OS. The molecule has 0 aliphatic carbocycles. The number of hydrogen-bond acceptors (Lipinski definition) is 5. The Morgan fingerprint density at radius 3 is 2.85 bits per heavy atom. The molecule has 26 heavy (non-hydrogen) atoms. The molecule has 3 N–H and O–H groups in total. The van der Waals surface area contributed by atoms with E-state index in [0.29, 0.717) is 16.0 Å². The zero-order valence-electron chi connectivity index (χ0n) is 13.7. The molecule has 3 rings (SSSR count). The maximum Gasteiger partial charge on any atom is 0.234 e. The number of nitrogens with one attached hydrogen (secondary N) is 1. The van der Waals surface area contributed by atoms with Crippen molar-refractivity contribution in [3.8, 4) is 11.4 Å². The average molecular weight is 453 g/mol.